The van der Waals surface area contributed by atoms with Crippen LogP contribution in [0.25, 0.3) is 0 Å². The molecule has 1 saturated heterocycles. The monoisotopic (exact) mass is 339 g/mol. The maximum absolute atomic E-state index is 12.6. The molecule has 1 fully saturated rings. The van der Waals surface area contributed by atoms with E-state index in [1.807, 2.05) is 48.2 Å². The van der Waals surface area contributed by atoms with Gasteiger partial charge < -0.3 is 14.4 Å². The van der Waals surface area contributed by atoms with Crippen LogP contribution in [0.15, 0.2) is 48.5 Å². The van der Waals surface area contributed by atoms with Gasteiger partial charge in [0.1, 0.15) is 11.5 Å². The minimum Gasteiger partial charge on any atom is -0.497 e. The lowest BCUT2D eigenvalue weighted by Gasteiger charge is -2.17. The van der Waals surface area contributed by atoms with Crippen molar-refractivity contribution in [2.75, 3.05) is 26.8 Å². The Morgan fingerprint density at radius 2 is 1.76 bits per heavy atom. The van der Waals surface area contributed by atoms with Gasteiger partial charge in [-0.1, -0.05) is 24.3 Å². The van der Waals surface area contributed by atoms with Crippen molar-refractivity contribution in [3.05, 3.63) is 59.7 Å². The van der Waals surface area contributed by atoms with E-state index < -0.39 is 0 Å². The largest absolute Gasteiger partial charge is 0.497 e. The van der Waals surface area contributed by atoms with Gasteiger partial charge in [0.05, 0.1) is 20.1 Å². The smallest absolute Gasteiger partial charge is 0.227 e. The second kappa shape index (κ2) is 8.06. The van der Waals surface area contributed by atoms with Crippen molar-refractivity contribution in [2.45, 2.75) is 25.7 Å². The van der Waals surface area contributed by atoms with Crippen molar-refractivity contribution < 1.29 is 14.3 Å². The number of carbonyl (C=O) groups excluding carboxylic acids is 1. The summed E-state index contributed by atoms with van der Waals surface area (Å²) in [6.45, 7) is 4.23. The van der Waals surface area contributed by atoms with E-state index in [0.717, 1.165) is 36.6 Å². The molecule has 1 aliphatic heterocycles. The molecule has 0 radical (unpaired) electrons. The number of rotatable bonds is 6. The van der Waals surface area contributed by atoms with Gasteiger partial charge in [0, 0.05) is 19.0 Å². The Hall–Kier alpha value is -2.49. The van der Waals surface area contributed by atoms with Crippen LogP contribution < -0.4 is 9.47 Å². The second-order valence-electron chi connectivity index (χ2n) is 6.35. The van der Waals surface area contributed by atoms with Crippen LogP contribution in [0, 0.1) is 0 Å². The van der Waals surface area contributed by atoms with E-state index in [9.17, 15) is 4.79 Å². The number of hydrogen-bond donors (Lipinski definition) is 0. The summed E-state index contributed by atoms with van der Waals surface area (Å²) in [5.74, 6) is 2.32. The first kappa shape index (κ1) is 17.3. The van der Waals surface area contributed by atoms with Gasteiger partial charge in [-0.2, -0.15) is 0 Å². The van der Waals surface area contributed by atoms with Crippen LogP contribution in [0.2, 0.25) is 0 Å². The fourth-order valence-corrected chi connectivity index (χ4v) is 3.29. The highest BCUT2D eigenvalue weighted by molar-refractivity contribution is 5.79. The Balaban J connectivity index is 1.56. The number of ether oxygens (including phenoxy) is 2. The molecule has 132 valence electrons. The first-order chi connectivity index (χ1) is 12.2. The quantitative estimate of drug-likeness (QED) is 0.806. The molecule has 1 heterocycles. The highest BCUT2D eigenvalue weighted by Gasteiger charge is 2.27. The summed E-state index contributed by atoms with van der Waals surface area (Å²) >= 11 is 0. The number of benzene rings is 2. The van der Waals surface area contributed by atoms with E-state index in [1.54, 1.807) is 7.11 Å². The molecule has 1 amide bonds. The molecule has 0 aromatic heterocycles. The van der Waals surface area contributed by atoms with Gasteiger partial charge in [-0.25, -0.2) is 0 Å². The van der Waals surface area contributed by atoms with Crippen LogP contribution in [0.1, 0.15) is 30.4 Å². The molecule has 1 unspecified atom stereocenters. The summed E-state index contributed by atoms with van der Waals surface area (Å²) in [6, 6.07) is 16.0. The summed E-state index contributed by atoms with van der Waals surface area (Å²) in [7, 11) is 1.67. The van der Waals surface area contributed by atoms with Crippen LogP contribution in [0.3, 0.4) is 0 Å². The minimum atomic E-state index is 0.195. The Labute approximate surface area is 149 Å². The SMILES string of the molecule is CCOc1ccc(CC(=O)N2CCC(c3ccc(OC)cc3)C2)cc1. The van der Waals surface area contributed by atoms with Gasteiger partial charge in [-0.05, 0) is 48.7 Å². The zero-order chi connectivity index (χ0) is 17.6. The summed E-state index contributed by atoms with van der Waals surface area (Å²) in [5.41, 5.74) is 2.30. The molecule has 4 nitrogen and oxygen atoms in total. The third-order valence-electron chi connectivity index (χ3n) is 4.72. The number of likely N-dealkylation sites (tertiary alicyclic amines) is 1. The number of hydrogen-bond acceptors (Lipinski definition) is 3. The van der Waals surface area contributed by atoms with Crippen LogP contribution in [0.5, 0.6) is 11.5 Å². The third-order valence-corrected chi connectivity index (χ3v) is 4.72. The van der Waals surface area contributed by atoms with Crippen LogP contribution >= 0.6 is 0 Å². The van der Waals surface area contributed by atoms with Crippen molar-refractivity contribution in [1.29, 1.82) is 0 Å². The van der Waals surface area contributed by atoms with Crippen LogP contribution in [0.4, 0.5) is 0 Å². The number of nitrogens with zero attached hydrogens (tertiary/aromatic N) is 1. The summed E-state index contributed by atoms with van der Waals surface area (Å²) in [4.78, 5) is 14.6. The van der Waals surface area contributed by atoms with E-state index in [4.69, 9.17) is 9.47 Å². The number of carbonyl (C=O) groups is 1. The predicted molar refractivity (Wildman–Crippen MR) is 98.2 cm³/mol. The molecule has 2 aromatic rings. The average molecular weight is 339 g/mol. The lowest BCUT2D eigenvalue weighted by molar-refractivity contribution is -0.129. The number of methoxy groups -OCH3 is 1. The first-order valence-electron chi connectivity index (χ1n) is 8.83. The molecule has 2 aromatic carbocycles. The van der Waals surface area contributed by atoms with E-state index in [0.29, 0.717) is 18.9 Å². The second-order valence-corrected chi connectivity index (χ2v) is 6.35. The minimum absolute atomic E-state index is 0.195. The van der Waals surface area contributed by atoms with Gasteiger partial charge in [0.15, 0.2) is 0 Å². The molecule has 25 heavy (non-hydrogen) atoms. The van der Waals surface area contributed by atoms with Crippen molar-refractivity contribution >= 4 is 5.91 Å². The lowest BCUT2D eigenvalue weighted by atomic mass is 9.98. The van der Waals surface area contributed by atoms with Crippen LogP contribution in [-0.2, 0) is 11.2 Å². The lowest BCUT2D eigenvalue weighted by Crippen LogP contribution is -2.29. The molecule has 0 saturated carbocycles. The Morgan fingerprint density at radius 1 is 1.08 bits per heavy atom. The van der Waals surface area contributed by atoms with Crippen molar-refractivity contribution in [3.8, 4) is 11.5 Å². The summed E-state index contributed by atoms with van der Waals surface area (Å²) in [5, 5.41) is 0. The van der Waals surface area contributed by atoms with E-state index in [2.05, 4.69) is 12.1 Å². The molecular formula is C21H25NO3. The molecule has 0 spiro atoms. The maximum Gasteiger partial charge on any atom is 0.227 e. The zero-order valence-corrected chi connectivity index (χ0v) is 14.9. The van der Waals surface area contributed by atoms with Gasteiger partial charge >= 0.3 is 0 Å². The van der Waals surface area contributed by atoms with Crippen molar-refractivity contribution in [2.24, 2.45) is 0 Å². The standard InChI is InChI=1S/C21H25NO3/c1-3-25-20-8-4-16(5-9-20)14-21(23)22-13-12-18(15-22)17-6-10-19(24-2)11-7-17/h4-11,18H,3,12-15H2,1-2H3. The molecule has 0 aliphatic carbocycles. The van der Waals surface area contributed by atoms with Crippen molar-refractivity contribution in [3.63, 3.8) is 0 Å². The fraction of sp³-hybridized carbons (Fsp3) is 0.381. The fourth-order valence-electron chi connectivity index (χ4n) is 3.29. The first-order valence-corrected chi connectivity index (χ1v) is 8.83. The molecule has 0 bridgehead atoms. The predicted octanol–water partition coefficient (Wildman–Crippen LogP) is 3.65. The van der Waals surface area contributed by atoms with Gasteiger partial charge in [-0.15, -0.1) is 0 Å². The molecule has 1 aliphatic rings. The molecule has 1 atom stereocenters. The zero-order valence-electron chi connectivity index (χ0n) is 14.9. The highest BCUT2D eigenvalue weighted by Crippen LogP contribution is 2.29. The van der Waals surface area contributed by atoms with Crippen molar-refractivity contribution in [1.82, 2.24) is 4.90 Å². The van der Waals surface area contributed by atoms with Gasteiger partial charge in [-0.3, -0.25) is 4.79 Å². The average Bonchev–Trinajstić information content (AvgIpc) is 3.14. The Bertz CT molecular complexity index is 694. The molecular weight excluding hydrogens is 314 g/mol. The summed E-state index contributed by atoms with van der Waals surface area (Å²) in [6.07, 6.45) is 1.46. The molecule has 3 rings (SSSR count). The molecule has 4 heteroatoms. The summed E-state index contributed by atoms with van der Waals surface area (Å²) < 4.78 is 10.6. The third kappa shape index (κ3) is 4.32. The maximum atomic E-state index is 12.6. The van der Waals surface area contributed by atoms with E-state index in [1.165, 1.54) is 5.56 Å². The number of amides is 1. The van der Waals surface area contributed by atoms with Crippen LogP contribution in [-0.4, -0.2) is 37.6 Å². The van der Waals surface area contributed by atoms with E-state index in [-0.39, 0.29) is 5.91 Å². The highest BCUT2D eigenvalue weighted by atomic mass is 16.5. The van der Waals surface area contributed by atoms with Gasteiger partial charge in [0.25, 0.3) is 0 Å². The van der Waals surface area contributed by atoms with E-state index >= 15 is 0 Å². The Morgan fingerprint density at radius 3 is 2.40 bits per heavy atom. The topological polar surface area (TPSA) is 38.8 Å². The normalized spacial score (nSPS) is 16.7. The Kier molecular flexibility index (Phi) is 5.59. The van der Waals surface area contributed by atoms with Gasteiger partial charge in [0.2, 0.25) is 5.91 Å². The molecule has 0 N–H and O–H groups in total.